The maximum absolute atomic E-state index is 13.1. The van der Waals surface area contributed by atoms with Crippen LogP contribution in [0.15, 0.2) is 30.6 Å². The van der Waals surface area contributed by atoms with Crippen LogP contribution in [0, 0.1) is 5.82 Å². The molecule has 1 amide bonds. The number of amides is 1. The van der Waals surface area contributed by atoms with E-state index in [9.17, 15) is 9.18 Å². The topological polar surface area (TPSA) is 80.9 Å². The summed E-state index contributed by atoms with van der Waals surface area (Å²) < 4.78 is 13.1. The Kier molecular flexibility index (Phi) is 3.38. The first-order chi connectivity index (χ1) is 8.54. The van der Waals surface area contributed by atoms with Crippen molar-refractivity contribution in [1.29, 1.82) is 0 Å². The van der Waals surface area contributed by atoms with Crippen molar-refractivity contribution in [3.63, 3.8) is 0 Å². The molecule has 0 atom stereocenters. The van der Waals surface area contributed by atoms with Crippen LogP contribution < -0.4 is 11.1 Å². The van der Waals surface area contributed by atoms with Crippen molar-refractivity contribution in [3.05, 3.63) is 47.1 Å². The van der Waals surface area contributed by atoms with E-state index in [0.717, 1.165) is 12.1 Å². The van der Waals surface area contributed by atoms with Gasteiger partial charge in [0.2, 0.25) is 0 Å². The molecular weight excluding hydrogens is 259 g/mol. The summed E-state index contributed by atoms with van der Waals surface area (Å²) in [6, 6.07) is 3.71. The Bertz CT molecular complexity index is 568. The minimum atomic E-state index is -0.541. The lowest BCUT2D eigenvalue weighted by molar-refractivity contribution is 0.102. The van der Waals surface area contributed by atoms with Gasteiger partial charge in [0.25, 0.3) is 5.91 Å². The normalized spacial score (nSPS) is 10.1. The second-order valence-corrected chi connectivity index (χ2v) is 3.88. The van der Waals surface area contributed by atoms with Crippen LogP contribution in [-0.4, -0.2) is 15.9 Å². The number of carbonyl (C=O) groups excluding carboxylic acids is 1. The largest absolute Gasteiger partial charge is 0.382 e. The molecule has 2 aromatic rings. The van der Waals surface area contributed by atoms with E-state index in [2.05, 4.69) is 15.3 Å². The van der Waals surface area contributed by atoms with Gasteiger partial charge in [0.15, 0.2) is 0 Å². The maximum Gasteiger partial charge on any atom is 0.275 e. The van der Waals surface area contributed by atoms with Crippen molar-refractivity contribution in [2.45, 2.75) is 0 Å². The van der Waals surface area contributed by atoms with E-state index >= 15 is 0 Å². The minimum absolute atomic E-state index is 0.0737. The van der Waals surface area contributed by atoms with Crippen LogP contribution in [0.25, 0.3) is 0 Å². The monoisotopic (exact) mass is 266 g/mol. The average molecular weight is 267 g/mol. The summed E-state index contributed by atoms with van der Waals surface area (Å²) >= 11 is 5.66. The Morgan fingerprint density at radius 2 is 2.06 bits per heavy atom. The maximum atomic E-state index is 13.1. The SMILES string of the molecule is Nc1cnc(C(=O)Nc2cc(F)cc(Cl)c2)cn1. The number of aromatic nitrogens is 2. The van der Waals surface area contributed by atoms with Crippen LogP contribution in [0.1, 0.15) is 10.5 Å². The molecule has 1 aromatic carbocycles. The summed E-state index contributed by atoms with van der Waals surface area (Å²) in [6.45, 7) is 0. The molecule has 1 aromatic heterocycles. The fourth-order valence-corrected chi connectivity index (χ4v) is 1.50. The highest BCUT2D eigenvalue weighted by atomic mass is 35.5. The van der Waals surface area contributed by atoms with Gasteiger partial charge in [-0.05, 0) is 18.2 Å². The van der Waals surface area contributed by atoms with Gasteiger partial charge in [-0.3, -0.25) is 4.79 Å². The molecule has 5 nitrogen and oxygen atoms in total. The molecule has 0 bridgehead atoms. The molecule has 3 N–H and O–H groups in total. The Morgan fingerprint density at radius 3 is 2.67 bits per heavy atom. The number of rotatable bonds is 2. The third-order valence-corrected chi connectivity index (χ3v) is 2.24. The van der Waals surface area contributed by atoms with Gasteiger partial charge in [-0.25, -0.2) is 14.4 Å². The molecule has 1 heterocycles. The highest BCUT2D eigenvalue weighted by Gasteiger charge is 2.09. The first kappa shape index (κ1) is 12.3. The van der Waals surface area contributed by atoms with Crippen LogP contribution in [0.5, 0.6) is 0 Å². The summed E-state index contributed by atoms with van der Waals surface area (Å²) in [4.78, 5) is 19.3. The predicted molar refractivity (Wildman–Crippen MR) is 65.8 cm³/mol. The van der Waals surface area contributed by atoms with Gasteiger partial charge in [-0.15, -0.1) is 0 Å². The Balaban J connectivity index is 2.18. The molecular formula is C11H8ClFN4O. The van der Waals surface area contributed by atoms with E-state index < -0.39 is 11.7 Å². The van der Waals surface area contributed by atoms with Crippen molar-refractivity contribution >= 4 is 29.0 Å². The summed E-state index contributed by atoms with van der Waals surface area (Å²) in [7, 11) is 0. The third-order valence-electron chi connectivity index (χ3n) is 2.02. The van der Waals surface area contributed by atoms with E-state index in [4.69, 9.17) is 17.3 Å². The summed E-state index contributed by atoms with van der Waals surface area (Å²) in [5, 5.41) is 2.64. The number of halogens is 2. The van der Waals surface area contributed by atoms with Crippen LogP contribution >= 0.6 is 11.6 Å². The number of nitrogens with zero attached hydrogens (tertiary/aromatic N) is 2. The van der Waals surface area contributed by atoms with E-state index in [1.165, 1.54) is 18.5 Å². The molecule has 92 valence electrons. The molecule has 0 aliphatic heterocycles. The van der Waals surface area contributed by atoms with Crippen molar-refractivity contribution in [2.24, 2.45) is 0 Å². The molecule has 0 radical (unpaired) electrons. The van der Waals surface area contributed by atoms with Crippen molar-refractivity contribution in [2.75, 3.05) is 11.1 Å². The third kappa shape index (κ3) is 2.92. The molecule has 18 heavy (non-hydrogen) atoms. The minimum Gasteiger partial charge on any atom is -0.382 e. The van der Waals surface area contributed by atoms with Gasteiger partial charge in [-0.2, -0.15) is 0 Å². The van der Waals surface area contributed by atoms with Gasteiger partial charge >= 0.3 is 0 Å². The average Bonchev–Trinajstić information content (AvgIpc) is 2.28. The number of anilines is 2. The lowest BCUT2D eigenvalue weighted by Gasteiger charge is -2.05. The van der Waals surface area contributed by atoms with Crippen LogP contribution in [0.2, 0.25) is 5.02 Å². The molecule has 0 aliphatic carbocycles. The Labute approximate surface area is 107 Å². The summed E-state index contributed by atoms with van der Waals surface area (Å²) in [5.74, 6) is -0.856. The van der Waals surface area contributed by atoms with E-state index in [0.29, 0.717) is 0 Å². The van der Waals surface area contributed by atoms with Gasteiger partial charge in [0.1, 0.15) is 17.3 Å². The highest BCUT2D eigenvalue weighted by molar-refractivity contribution is 6.31. The Hall–Kier alpha value is -2.21. The molecule has 7 heteroatoms. The van der Waals surface area contributed by atoms with E-state index in [1.807, 2.05) is 0 Å². The van der Waals surface area contributed by atoms with Crippen molar-refractivity contribution in [1.82, 2.24) is 9.97 Å². The molecule has 0 saturated carbocycles. The number of carbonyl (C=O) groups is 1. The summed E-state index contributed by atoms with van der Waals surface area (Å²) in [5.41, 5.74) is 5.66. The van der Waals surface area contributed by atoms with Gasteiger partial charge in [0, 0.05) is 10.7 Å². The first-order valence-electron chi connectivity index (χ1n) is 4.89. The fraction of sp³-hybridized carbons (Fsp3) is 0. The standard InChI is InChI=1S/C11H8ClFN4O/c12-6-1-7(13)3-8(2-6)17-11(18)9-4-16-10(14)5-15-9/h1-5H,(H2,14,16)(H,17,18). The van der Waals surface area contributed by atoms with Crippen LogP contribution in [-0.2, 0) is 0 Å². The van der Waals surface area contributed by atoms with E-state index in [-0.39, 0.29) is 22.2 Å². The van der Waals surface area contributed by atoms with Crippen molar-refractivity contribution in [3.8, 4) is 0 Å². The van der Waals surface area contributed by atoms with Crippen LogP contribution in [0.4, 0.5) is 15.9 Å². The lowest BCUT2D eigenvalue weighted by atomic mass is 10.3. The van der Waals surface area contributed by atoms with Gasteiger partial charge < -0.3 is 11.1 Å². The number of hydrogen-bond donors (Lipinski definition) is 2. The molecule has 0 fully saturated rings. The molecule has 0 unspecified atom stereocenters. The fourth-order valence-electron chi connectivity index (χ4n) is 1.28. The number of benzene rings is 1. The highest BCUT2D eigenvalue weighted by Crippen LogP contribution is 2.18. The second-order valence-electron chi connectivity index (χ2n) is 3.44. The van der Waals surface area contributed by atoms with Gasteiger partial charge in [-0.1, -0.05) is 11.6 Å². The first-order valence-corrected chi connectivity index (χ1v) is 5.27. The molecule has 0 spiro atoms. The zero-order valence-corrected chi connectivity index (χ0v) is 9.78. The quantitative estimate of drug-likeness (QED) is 0.872. The molecule has 0 saturated heterocycles. The zero-order valence-electron chi connectivity index (χ0n) is 9.02. The molecule has 0 aliphatic rings. The summed E-state index contributed by atoms with van der Waals surface area (Å²) in [6.07, 6.45) is 2.49. The van der Waals surface area contributed by atoms with Gasteiger partial charge in [0.05, 0.1) is 12.4 Å². The van der Waals surface area contributed by atoms with E-state index in [1.54, 1.807) is 0 Å². The lowest BCUT2D eigenvalue weighted by Crippen LogP contribution is -2.14. The predicted octanol–water partition coefficient (Wildman–Crippen LogP) is 2.10. The smallest absolute Gasteiger partial charge is 0.275 e. The molecule has 2 rings (SSSR count). The number of nitrogens with one attached hydrogen (secondary N) is 1. The number of nitrogen functional groups attached to an aromatic ring is 1. The Morgan fingerprint density at radius 1 is 1.28 bits per heavy atom. The van der Waals surface area contributed by atoms with Crippen LogP contribution in [0.3, 0.4) is 0 Å². The zero-order chi connectivity index (χ0) is 13.1. The second kappa shape index (κ2) is 4.97. The number of hydrogen-bond acceptors (Lipinski definition) is 4. The van der Waals surface area contributed by atoms with Crippen molar-refractivity contribution < 1.29 is 9.18 Å². The number of nitrogens with two attached hydrogens (primary N) is 1.